The van der Waals surface area contributed by atoms with Gasteiger partial charge in [-0.25, -0.2) is 4.98 Å². The number of halogens is 4. The molecule has 7 nitrogen and oxygen atoms in total. The number of rotatable bonds is 7. The maximum Gasteiger partial charge on any atom is 0.416 e. The van der Waals surface area contributed by atoms with Gasteiger partial charge in [0.2, 0.25) is 5.95 Å². The molecule has 0 saturated carbocycles. The van der Waals surface area contributed by atoms with E-state index >= 15 is 0 Å². The molecule has 0 unspecified atom stereocenters. The maximum absolute atomic E-state index is 12.8. The molecular weight excluding hydrogens is 481 g/mol. The van der Waals surface area contributed by atoms with Gasteiger partial charge >= 0.3 is 6.18 Å². The van der Waals surface area contributed by atoms with Crippen LogP contribution in [0.1, 0.15) is 11.1 Å². The molecule has 1 aromatic heterocycles. The lowest BCUT2D eigenvalue weighted by atomic mass is 10.1. The van der Waals surface area contributed by atoms with Crippen LogP contribution in [0.5, 0.6) is 5.75 Å². The molecule has 0 radical (unpaired) electrons. The van der Waals surface area contributed by atoms with E-state index < -0.39 is 11.7 Å². The molecular formula is C24H26ClF3N6O. The summed E-state index contributed by atoms with van der Waals surface area (Å²) < 4.78 is 43.9. The first-order valence-corrected chi connectivity index (χ1v) is 11.4. The number of hydrogen-bond acceptors (Lipinski definition) is 7. The molecule has 2 N–H and O–H groups in total. The monoisotopic (exact) mass is 506 g/mol. The minimum Gasteiger partial charge on any atom is -0.494 e. The molecule has 4 rings (SSSR count). The van der Waals surface area contributed by atoms with Crippen molar-refractivity contribution < 1.29 is 17.9 Å². The van der Waals surface area contributed by atoms with Gasteiger partial charge in [0.25, 0.3) is 0 Å². The lowest BCUT2D eigenvalue weighted by Gasteiger charge is -2.34. The maximum atomic E-state index is 12.8. The van der Waals surface area contributed by atoms with E-state index in [4.69, 9.17) is 16.3 Å². The second kappa shape index (κ2) is 10.6. The molecule has 0 atom stereocenters. The van der Waals surface area contributed by atoms with Crippen LogP contribution in [0.4, 0.5) is 36.3 Å². The van der Waals surface area contributed by atoms with Gasteiger partial charge in [0, 0.05) is 44.5 Å². The third-order valence-electron chi connectivity index (χ3n) is 5.79. The lowest BCUT2D eigenvalue weighted by Crippen LogP contribution is -2.44. The van der Waals surface area contributed by atoms with Crippen molar-refractivity contribution in [1.29, 1.82) is 0 Å². The number of hydrogen-bond donors (Lipinski definition) is 2. The number of anilines is 4. The Morgan fingerprint density at radius 2 is 1.77 bits per heavy atom. The van der Waals surface area contributed by atoms with E-state index in [0.29, 0.717) is 33.8 Å². The zero-order valence-corrected chi connectivity index (χ0v) is 20.1. The van der Waals surface area contributed by atoms with Crippen LogP contribution >= 0.6 is 11.6 Å². The average Bonchev–Trinajstić information content (AvgIpc) is 2.85. The largest absolute Gasteiger partial charge is 0.494 e. The van der Waals surface area contributed by atoms with Crippen molar-refractivity contribution >= 4 is 34.7 Å². The Hall–Kier alpha value is -3.24. The smallest absolute Gasteiger partial charge is 0.416 e. The molecule has 0 bridgehead atoms. The Labute approximate surface area is 206 Å². The molecule has 1 saturated heterocycles. The van der Waals surface area contributed by atoms with Gasteiger partial charge in [-0.15, -0.1) is 0 Å². The predicted octanol–water partition coefficient (Wildman–Crippen LogP) is 5.26. The van der Waals surface area contributed by atoms with Gasteiger partial charge < -0.3 is 25.2 Å². The Balaban J connectivity index is 1.44. The van der Waals surface area contributed by atoms with Gasteiger partial charge in [-0.3, -0.25) is 0 Å². The number of ether oxygens (including phenoxy) is 1. The molecule has 3 aromatic rings. The highest BCUT2D eigenvalue weighted by Crippen LogP contribution is 2.33. The normalized spacial score (nSPS) is 14.6. The molecule has 2 aromatic carbocycles. The Bertz CT molecular complexity index is 1150. The first-order valence-electron chi connectivity index (χ1n) is 11.0. The molecule has 11 heteroatoms. The standard InChI is InChI=1S/C24H26ClF3N6O/c1-33-9-11-34(12-10-33)18-7-8-20(21(13-18)35-2)31-23-30-15-19(25)22(32-23)29-14-16-3-5-17(6-4-16)24(26,27)28/h3-8,13,15H,9-12,14H2,1-2H3,(H2,29,30,31,32). The number of benzene rings is 2. The van der Waals surface area contributed by atoms with E-state index in [0.717, 1.165) is 44.0 Å². The fourth-order valence-corrected chi connectivity index (χ4v) is 3.87. The zero-order valence-electron chi connectivity index (χ0n) is 19.4. The molecule has 0 spiro atoms. The molecule has 1 aliphatic heterocycles. The van der Waals surface area contributed by atoms with Crippen molar-refractivity contribution in [2.45, 2.75) is 12.7 Å². The van der Waals surface area contributed by atoms with E-state index in [2.05, 4.69) is 37.4 Å². The van der Waals surface area contributed by atoms with Gasteiger partial charge in [-0.1, -0.05) is 23.7 Å². The number of nitrogens with zero attached hydrogens (tertiary/aromatic N) is 4. The molecule has 1 aliphatic rings. The first kappa shape index (κ1) is 24.9. The van der Waals surface area contributed by atoms with Crippen LogP contribution in [0.15, 0.2) is 48.7 Å². The van der Waals surface area contributed by atoms with Crippen molar-refractivity contribution in [3.8, 4) is 5.75 Å². The number of piperazine rings is 1. The summed E-state index contributed by atoms with van der Waals surface area (Å²) in [5, 5.41) is 6.50. The SMILES string of the molecule is COc1cc(N2CCN(C)CC2)ccc1Nc1ncc(Cl)c(NCc2ccc(C(F)(F)F)cc2)n1. The highest BCUT2D eigenvalue weighted by atomic mass is 35.5. The highest BCUT2D eigenvalue weighted by molar-refractivity contribution is 6.32. The van der Waals surface area contributed by atoms with Crippen LogP contribution in [0.25, 0.3) is 0 Å². The van der Waals surface area contributed by atoms with E-state index in [9.17, 15) is 13.2 Å². The summed E-state index contributed by atoms with van der Waals surface area (Å²) in [6.45, 7) is 4.14. The fraction of sp³-hybridized carbons (Fsp3) is 0.333. The Kier molecular flexibility index (Phi) is 7.51. The summed E-state index contributed by atoms with van der Waals surface area (Å²) in [7, 11) is 3.72. The summed E-state index contributed by atoms with van der Waals surface area (Å²) in [6.07, 6.45) is -2.91. The molecule has 1 fully saturated rings. The van der Waals surface area contributed by atoms with Crippen LogP contribution in [-0.4, -0.2) is 55.2 Å². The third kappa shape index (κ3) is 6.26. The van der Waals surface area contributed by atoms with Crippen LogP contribution in [0.2, 0.25) is 5.02 Å². The van der Waals surface area contributed by atoms with Crippen LogP contribution in [0.3, 0.4) is 0 Å². The predicted molar refractivity (Wildman–Crippen MR) is 132 cm³/mol. The minimum absolute atomic E-state index is 0.247. The fourth-order valence-electron chi connectivity index (χ4n) is 3.71. The Morgan fingerprint density at radius 1 is 1.06 bits per heavy atom. The highest BCUT2D eigenvalue weighted by Gasteiger charge is 2.29. The van der Waals surface area contributed by atoms with Gasteiger partial charge in [-0.05, 0) is 36.9 Å². The third-order valence-corrected chi connectivity index (χ3v) is 6.06. The van der Waals surface area contributed by atoms with Crippen LogP contribution < -0.4 is 20.3 Å². The second-order valence-corrected chi connectivity index (χ2v) is 8.65. The lowest BCUT2D eigenvalue weighted by molar-refractivity contribution is -0.137. The van der Waals surface area contributed by atoms with Crippen molar-refractivity contribution in [3.63, 3.8) is 0 Å². The van der Waals surface area contributed by atoms with Gasteiger partial charge in [0.1, 0.15) is 10.8 Å². The summed E-state index contributed by atoms with van der Waals surface area (Å²) >= 11 is 6.23. The van der Waals surface area contributed by atoms with E-state index in [1.165, 1.54) is 18.3 Å². The molecule has 0 aliphatic carbocycles. The summed E-state index contributed by atoms with van der Waals surface area (Å²) in [5.74, 6) is 1.31. The molecule has 35 heavy (non-hydrogen) atoms. The van der Waals surface area contributed by atoms with Gasteiger partial charge in [-0.2, -0.15) is 18.2 Å². The topological polar surface area (TPSA) is 65.6 Å². The summed E-state index contributed by atoms with van der Waals surface area (Å²) in [5.41, 5.74) is 1.74. The first-order chi connectivity index (χ1) is 16.7. The van der Waals surface area contributed by atoms with Crippen molar-refractivity contribution in [3.05, 3.63) is 64.8 Å². The van der Waals surface area contributed by atoms with Gasteiger partial charge in [0.15, 0.2) is 5.82 Å². The zero-order chi connectivity index (χ0) is 25.0. The summed E-state index contributed by atoms with van der Waals surface area (Å²) in [4.78, 5) is 13.3. The number of likely N-dealkylation sites (N-methyl/N-ethyl adjacent to an activating group) is 1. The number of aromatic nitrogens is 2. The molecule has 186 valence electrons. The Morgan fingerprint density at radius 3 is 2.43 bits per heavy atom. The number of methoxy groups -OCH3 is 1. The minimum atomic E-state index is -4.37. The average molecular weight is 507 g/mol. The van der Waals surface area contributed by atoms with Crippen LogP contribution in [-0.2, 0) is 12.7 Å². The summed E-state index contributed by atoms with van der Waals surface area (Å²) in [6, 6.07) is 10.8. The van der Waals surface area contributed by atoms with E-state index in [-0.39, 0.29) is 6.54 Å². The molecule has 2 heterocycles. The van der Waals surface area contributed by atoms with Crippen LogP contribution in [0, 0.1) is 0 Å². The van der Waals surface area contributed by atoms with Crippen molar-refractivity contribution in [2.75, 3.05) is 55.9 Å². The van der Waals surface area contributed by atoms with E-state index in [1.807, 2.05) is 18.2 Å². The number of nitrogens with one attached hydrogen (secondary N) is 2. The molecule has 0 amide bonds. The van der Waals surface area contributed by atoms with Crippen molar-refractivity contribution in [1.82, 2.24) is 14.9 Å². The number of alkyl halides is 3. The van der Waals surface area contributed by atoms with Gasteiger partial charge in [0.05, 0.1) is 24.6 Å². The quantitative estimate of drug-likeness (QED) is 0.453. The second-order valence-electron chi connectivity index (χ2n) is 8.24. The van der Waals surface area contributed by atoms with Crippen molar-refractivity contribution in [2.24, 2.45) is 0 Å². The van der Waals surface area contributed by atoms with E-state index in [1.54, 1.807) is 7.11 Å².